The third kappa shape index (κ3) is 2.40. The molecule has 0 saturated heterocycles. The molecule has 3 N–H and O–H groups in total. The van der Waals surface area contributed by atoms with Crippen LogP contribution in [0.1, 0.15) is 28.2 Å². The molecule has 2 heterocycles. The predicted octanol–water partition coefficient (Wildman–Crippen LogP) is 0.417. The first-order chi connectivity index (χ1) is 7.97. The monoisotopic (exact) mass is 252 g/mol. The molecule has 2 aromatic rings. The first-order valence-electron chi connectivity index (χ1n) is 5.09. The van der Waals surface area contributed by atoms with E-state index >= 15 is 0 Å². The molecule has 0 aliphatic carbocycles. The molecule has 90 valence electrons. The second-order valence-electron chi connectivity index (χ2n) is 3.79. The smallest absolute Gasteiger partial charge is 0.269 e. The number of nitrogens with zero attached hydrogens (tertiary/aromatic N) is 3. The number of rotatable bonds is 3. The number of primary amides is 1. The van der Waals surface area contributed by atoms with Gasteiger partial charge in [0, 0.05) is 6.42 Å². The number of carbonyl (C=O) groups excluding carboxylic acids is 1. The van der Waals surface area contributed by atoms with Crippen LogP contribution in [0.15, 0.2) is 0 Å². The Morgan fingerprint density at radius 2 is 2.18 bits per heavy atom. The van der Waals surface area contributed by atoms with Crippen LogP contribution in [0.3, 0.4) is 0 Å². The van der Waals surface area contributed by atoms with Gasteiger partial charge in [0.25, 0.3) is 5.91 Å². The highest BCUT2D eigenvalue weighted by molar-refractivity contribution is 7.18. The summed E-state index contributed by atoms with van der Waals surface area (Å²) in [4.78, 5) is 23.8. The second kappa shape index (κ2) is 4.34. The van der Waals surface area contributed by atoms with Gasteiger partial charge in [-0.1, -0.05) is 0 Å². The van der Waals surface area contributed by atoms with Gasteiger partial charge in [-0.2, -0.15) is 0 Å². The third-order valence-electron chi connectivity index (χ3n) is 2.12. The Morgan fingerprint density at radius 1 is 1.47 bits per heavy atom. The van der Waals surface area contributed by atoms with Crippen LogP contribution in [-0.2, 0) is 6.42 Å². The Labute approximate surface area is 102 Å². The van der Waals surface area contributed by atoms with E-state index in [-0.39, 0.29) is 12.1 Å². The molecule has 0 unspecified atom stereocenters. The van der Waals surface area contributed by atoms with Crippen molar-refractivity contribution in [3.05, 3.63) is 16.5 Å². The molecule has 7 heteroatoms. The van der Waals surface area contributed by atoms with Gasteiger partial charge in [-0.25, -0.2) is 15.0 Å². The minimum atomic E-state index is -0.604. The van der Waals surface area contributed by atoms with E-state index in [1.807, 2.05) is 6.92 Å². The van der Waals surface area contributed by atoms with Crippen molar-refractivity contribution in [2.24, 2.45) is 5.73 Å². The van der Waals surface area contributed by atoms with Gasteiger partial charge in [-0.05, 0) is 13.8 Å². The average molecular weight is 252 g/mol. The summed E-state index contributed by atoms with van der Waals surface area (Å²) in [5.74, 6) is -0.223. The minimum absolute atomic E-state index is 0.177. The standard InChI is InChI=1S/C10H12N4O2S/c1-4(15)3-6-13-7(9(11)16)8-10(14-6)12-5(2)17-8/h4,15H,3H2,1-2H3,(H2,11,16)/t4-/m0/s1. The second-order valence-corrected chi connectivity index (χ2v) is 4.99. The molecular formula is C10H12N4O2S. The van der Waals surface area contributed by atoms with E-state index in [1.54, 1.807) is 6.92 Å². The maximum absolute atomic E-state index is 11.3. The number of fused-ring (bicyclic) bond motifs is 1. The van der Waals surface area contributed by atoms with Crippen LogP contribution >= 0.6 is 11.3 Å². The summed E-state index contributed by atoms with van der Waals surface area (Å²) in [6, 6.07) is 0. The van der Waals surface area contributed by atoms with Crippen LogP contribution in [0.5, 0.6) is 0 Å². The largest absolute Gasteiger partial charge is 0.393 e. The number of nitrogens with two attached hydrogens (primary N) is 1. The van der Waals surface area contributed by atoms with E-state index < -0.39 is 12.0 Å². The fourth-order valence-corrected chi connectivity index (χ4v) is 2.35. The molecule has 0 spiro atoms. The van der Waals surface area contributed by atoms with Gasteiger partial charge in [0.2, 0.25) is 0 Å². The van der Waals surface area contributed by atoms with Crippen molar-refractivity contribution in [1.29, 1.82) is 0 Å². The lowest BCUT2D eigenvalue weighted by Gasteiger charge is -2.04. The van der Waals surface area contributed by atoms with Gasteiger partial charge in [0.1, 0.15) is 10.5 Å². The quantitative estimate of drug-likeness (QED) is 0.824. The fourth-order valence-electron chi connectivity index (χ4n) is 1.50. The topological polar surface area (TPSA) is 102 Å². The van der Waals surface area contributed by atoms with Crippen molar-refractivity contribution < 1.29 is 9.90 Å². The Bertz CT molecular complexity index is 579. The first-order valence-corrected chi connectivity index (χ1v) is 5.91. The average Bonchev–Trinajstić information content (AvgIpc) is 2.55. The van der Waals surface area contributed by atoms with Crippen molar-refractivity contribution in [2.75, 3.05) is 0 Å². The van der Waals surface area contributed by atoms with Gasteiger partial charge in [0.05, 0.1) is 11.1 Å². The number of aliphatic hydroxyl groups is 1. The van der Waals surface area contributed by atoms with E-state index in [2.05, 4.69) is 15.0 Å². The van der Waals surface area contributed by atoms with Crippen molar-refractivity contribution in [3.63, 3.8) is 0 Å². The van der Waals surface area contributed by atoms with E-state index in [4.69, 9.17) is 5.73 Å². The number of aromatic nitrogens is 3. The molecular weight excluding hydrogens is 240 g/mol. The molecule has 0 saturated carbocycles. The summed E-state index contributed by atoms with van der Waals surface area (Å²) in [5, 5.41) is 10.1. The van der Waals surface area contributed by atoms with Gasteiger partial charge < -0.3 is 10.8 Å². The highest BCUT2D eigenvalue weighted by Gasteiger charge is 2.16. The van der Waals surface area contributed by atoms with E-state index in [9.17, 15) is 9.90 Å². The molecule has 0 fully saturated rings. The lowest BCUT2D eigenvalue weighted by Crippen LogP contribution is -2.17. The first kappa shape index (κ1) is 11.9. The minimum Gasteiger partial charge on any atom is -0.393 e. The zero-order chi connectivity index (χ0) is 12.6. The van der Waals surface area contributed by atoms with Gasteiger partial charge in [0.15, 0.2) is 11.3 Å². The van der Waals surface area contributed by atoms with Crippen LogP contribution in [0.25, 0.3) is 10.3 Å². The molecule has 0 aliphatic rings. The highest BCUT2D eigenvalue weighted by Crippen LogP contribution is 2.23. The summed E-state index contributed by atoms with van der Waals surface area (Å²) < 4.78 is 0.601. The predicted molar refractivity (Wildman–Crippen MR) is 63.8 cm³/mol. The van der Waals surface area contributed by atoms with Gasteiger partial charge in [-0.3, -0.25) is 4.79 Å². The number of aliphatic hydroxyl groups excluding tert-OH is 1. The van der Waals surface area contributed by atoms with E-state index in [1.165, 1.54) is 11.3 Å². The maximum atomic E-state index is 11.3. The molecule has 17 heavy (non-hydrogen) atoms. The van der Waals surface area contributed by atoms with Crippen LogP contribution in [0.4, 0.5) is 0 Å². The SMILES string of the molecule is Cc1nc2nc(C[C@H](C)O)nc(C(N)=O)c2s1. The van der Waals surface area contributed by atoms with Crippen LogP contribution in [-0.4, -0.2) is 32.1 Å². The lowest BCUT2D eigenvalue weighted by molar-refractivity contribution is 0.0996. The lowest BCUT2D eigenvalue weighted by atomic mass is 10.2. The fraction of sp³-hybridized carbons (Fsp3) is 0.400. The summed E-state index contributed by atoms with van der Waals surface area (Å²) in [6.45, 7) is 3.45. The zero-order valence-corrected chi connectivity index (χ0v) is 10.3. The Balaban J connectivity index is 2.62. The Hall–Kier alpha value is -1.60. The number of aryl methyl sites for hydroxylation is 1. The van der Waals surface area contributed by atoms with Crippen molar-refractivity contribution in [1.82, 2.24) is 15.0 Å². The van der Waals surface area contributed by atoms with Gasteiger partial charge >= 0.3 is 0 Å². The molecule has 2 aromatic heterocycles. The number of thiazole rings is 1. The number of carbonyl (C=O) groups is 1. The van der Waals surface area contributed by atoms with E-state index in [0.29, 0.717) is 16.2 Å². The van der Waals surface area contributed by atoms with Crippen molar-refractivity contribution >= 4 is 27.6 Å². The van der Waals surface area contributed by atoms with Crippen LogP contribution in [0.2, 0.25) is 0 Å². The summed E-state index contributed by atoms with van der Waals surface area (Å²) in [7, 11) is 0. The maximum Gasteiger partial charge on any atom is 0.269 e. The van der Waals surface area contributed by atoms with Crippen LogP contribution in [0, 0.1) is 6.92 Å². The summed E-state index contributed by atoms with van der Waals surface area (Å²) in [5.41, 5.74) is 5.92. The number of hydrogen-bond donors (Lipinski definition) is 2. The third-order valence-corrected chi connectivity index (χ3v) is 3.09. The number of hydrogen-bond acceptors (Lipinski definition) is 6. The van der Waals surface area contributed by atoms with Gasteiger partial charge in [-0.15, -0.1) is 11.3 Å². The molecule has 6 nitrogen and oxygen atoms in total. The summed E-state index contributed by atoms with van der Waals surface area (Å²) >= 11 is 1.34. The molecule has 1 atom stereocenters. The zero-order valence-electron chi connectivity index (χ0n) is 9.47. The van der Waals surface area contributed by atoms with Crippen LogP contribution < -0.4 is 5.73 Å². The van der Waals surface area contributed by atoms with Crippen molar-refractivity contribution in [2.45, 2.75) is 26.4 Å². The number of amides is 1. The van der Waals surface area contributed by atoms with Crippen molar-refractivity contribution in [3.8, 4) is 0 Å². The Kier molecular flexibility index (Phi) is 3.03. The highest BCUT2D eigenvalue weighted by atomic mass is 32.1. The summed E-state index contributed by atoms with van der Waals surface area (Å²) in [6.07, 6.45) is -0.305. The van der Waals surface area contributed by atoms with E-state index in [0.717, 1.165) is 5.01 Å². The molecule has 0 aromatic carbocycles. The molecule has 0 aliphatic heterocycles. The molecule has 2 rings (SSSR count). The Morgan fingerprint density at radius 3 is 2.76 bits per heavy atom. The molecule has 0 radical (unpaired) electrons. The normalized spacial score (nSPS) is 12.9. The molecule has 0 bridgehead atoms. The molecule has 1 amide bonds.